The molecule has 7 rings (SSSR count). The third-order valence-corrected chi connectivity index (χ3v) is 24.8. The summed E-state index contributed by atoms with van der Waals surface area (Å²) in [6, 6.07) is 8.18. The van der Waals surface area contributed by atoms with Crippen LogP contribution < -0.4 is 0 Å². The molecule has 0 spiro atoms. The molecule has 1 saturated carbocycles. The molecule has 1 unspecified atom stereocenters. The average molecular weight is 1660 g/mol. The molecule has 0 heterocycles. The highest BCUT2D eigenvalue weighted by Gasteiger charge is 2.32. The zero-order valence-electron chi connectivity index (χ0n) is 80.3. The third-order valence-electron chi connectivity index (χ3n) is 24.8. The van der Waals surface area contributed by atoms with Crippen LogP contribution >= 0.6 is 0 Å². The van der Waals surface area contributed by atoms with Crippen molar-refractivity contribution in [2.75, 3.05) is 0 Å². The summed E-state index contributed by atoms with van der Waals surface area (Å²) in [6.07, 6.45) is 76.1. The molecule has 10 nitrogen and oxygen atoms in total. The van der Waals surface area contributed by atoms with Crippen molar-refractivity contribution in [2.24, 2.45) is 50.2 Å². The first kappa shape index (κ1) is 107. The standard InChI is InChI=1S/C23H34O2.C23H28O2.C23H34O2.C22H32O2.C21H30O2/c2*1-17(16-22(24)25)11-12-19-9-5-6-10-20(19)13-14-21-18(2)8-7-15-23(21,3)4;1-17(16-21(24)25)10-8-12-19(22(3,4)5)13-14-20-18(2)11-9-15-23(20,6)7;1-16(2)19(11-7-9-17(3)15-21(23)24)12-13-20-18(4)10-8-14-22(20,5)6;1-15(14-20(22)23)9-10-16(2)17(3)11-12-19-18(4)8-7-13-21(19,5)6/h11-14,16,19-20H,5-10,15H2,1-4H3,(H,24,25);5-6,9-14,16H,7-8,15H2,1-4H3,(H,24,25);8,10,12-14,16H,9,11,15H2,1-7H3,(H,24,25);7,9,11-13,15-16H,8,10,14H2,1-6H3,(H,23,24);9-12,14H,7-8,13H2,1-6H3,(H,22,23)/b2*12-11+,14-13+,17-16+;10-8+,14-13+,17-16+,19-12+;9-7+,13-12+,17-15+,19-11+;10-9+,12-11+,15-14+,17-16-/t19-,20?;;;;/m1..../s1. The van der Waals surface area contributed by atoms with E-state index < -0.39 is 29.8 Å². The van der Waals surface area contributed by atoms with Crippen LogP contribution in [0.1, 0.15) is 320 Å². The highest BCUT2D eigenvalue weighted by atomic mass is 16.4. The summed E-state index contributed by atoms with van der Waals surface area (Å²) < 4.78 is 0. The van der Waals surface area contributed by atoms with Gasteiger partial charge >= 0.3 is 29.8 Å². The molecule has 5 N–H and O–H groups in total. The fourth-order valence-electron chi connectivity index (χ4n) is 17.3. The van der Waals surface area contributed by atoms with E-state index in [1.54, 1.807) is 33.3 Å². The predicted molar refractivity (Wildman–Crippen MR) is 521 cm³/mol. The molecule has 0 radical (unpaired) electrons. The van der Waals surface area contributed by atoms with Gasteiger partial charge in [-0.3, -0.25) is 0 Å². The van der Waals surface area contributed by atoms with E-state index in [0.717, 1.165) is 44.6 Å². The van der Waals surface area contributed by atoms with Crippen LogP contribution in [0.25, 0.3) is 12.2 Å². The van der Waals surface area contributed by atoms with Gasteiger partial charge in [0, 0.05) is 30.4 Å². The number of carboxylic acids is 5. The van der Waals surface area contributed by atoms with Gasteiger partial charge in [-0.15, -0.1) is 0 Å². The second-order valence-electron chi connectivity index (χ2n) is 39.5. The van der Waals surface area contributed by atoms with Crippen LogP contribution in [0.4, 0.5) is 0 Å². The Morgan fingerprint density at radius 1 is 0.352 bits per heavy atom. The van der Waals surface area contributed by atoms with Crippen LogP contribution in [-0.2, 0) is 24.0 Å². The van der Waals surface area contributed by atoms with Gasteiger partial charge in [0.2, 0.25) is 0 Å². The van der Waals surface area contributed by atoms with Crippen LogP contribution in [0, 0.1) is 50.2 Å². The second-order valence-corrected chi connectivity index (χ2v) is 39.5. The summed E-state index contributed by atoms with van der Waals surface area (Å²) >= 11 is 0. The van der Waals surface area contributed by atoms with E-state index in [2.05, 4.69) is 243 Å². The minimum Gasteiger partial charge on any atom is -0.478 e. The first-order valence-corrected chi connectivity index (χ1v) is 44.8. The van der Waals surface area contributed by atoms with Gasteiger partial charge < -0.3 is 25.5 Å². The Balaban J connectivity index is 0.000000394. The van der Waals surface area contributed by atoms with Gasteiger partial charge in [0.15, 0.2) is 0 Å². The summed E-state index contributed by atoms with van der Waals surface area (Å²) in [4.78, 5) is 53.5. The summed E-state index contributed by atoms with van der Waals surface area (Å²) in [5, 5.41) is 43.9. The van der Waals surface area contributed by atoms with Crippen LogP contribution in [0.2, 0.25) is 0 Å². The van der Waals surface area contributed by atoms with Gasteiger partial charge in [-0.25, -0.2) is 24.0 Å². The van der Waals surface area contributed by atoms with Crippen molar-refractivity contribution in [1.29, 1.82) is 0 Å². The molecule has 122 heavy (non-hydrogen) atoms. The van der Waals surface area contributed by atoms with Gasteiger partial charge in [0.25, 0.3) is 0 Å². The quantitative estimate of drug-likeness (QED) is 0.0441. The van der Waals surface area contributed by atoms with Crippen molar-refractivity contribution >= 4 is 42.0 Å². The van der Waals surface area contributed by atoms with E-state index in [1.165, 1.54) is 219 Å². The third kappa shape index (κ3) is 39.4. The molecule has 6 aliphatic carbocycles. The first-order chi connectivity index (χ1) is 56.8. The van der Waals surface area contributed by atoms with Crippen molar-refractivity contribution in [1.82, 2.24) is 0 Å². The topological polar surface area (TPSA) is 186 Å². The minimum absolute atomic E-state index is 0.0263. The molecule has 0 saturated heterocycles. The van der Waals surface area contributed by atoms with E-state index in [1.807, 2.05) is 73.7 Å². The largest absolute Gasteiger partial charge is 0.478 e. The second kappa shape index (κ2) is 51.0. The number of carbonyl (C=O) groups is 5. The van der Waals surface area contributed by atoms with E-state index in [-0.39, 0.29) is 27.1 Å². The van der Waals surface area contributed by atoms with Crippen LogP contribution in [0.15, 0.2) is 282 Å². The monoisotopic (exact) mass is 1660 g/mol. The molecule has 2 atom stereocenters. The molecule has 1 fully saturated rings. The molecular weight excluding hydrogens is 1510 g/mol. The number of benzene rings is 1. The molecule has 666 valence electrons. The Bertz CT molecular complexity index is 4550. The number of rotatable bonds is 26. The Hall–Kier alpha value is -9.41. The van der Waals surface area contributed by atoms with Crippen LogP contribution in [0.5, 0.6) is 0 Å². The Kier molecular flexibility index (Phi) is 44.6. The molecule has 1 aromatic carbocycles. The lowest BCUT2D eigenvalue weighted by molar-refractivity contribution is -0.132. The van der Waals surface area contributed by atoms with Crippen molar-refractivity contribution in [3.05, 3.63) is 293 Å². The molecule has 0 aliphatic heterocycles. The van der Waals surface area contributed by atoms with Gasteiger partial charge in [-0.1, -0.05) is 303 Å². The lowest BCUT2D eigenvalue weighted by atomic mass is 9.71. The van der Waals surface area contributed by atoms with Crippen LogP contribution in [0.3, 0.4) is 0 Å². The van der Waals surface area contributed by atoms with Gasteiger partial charge in [-0.2, -0.15) is 0 Å². The summed E-state index contributed by atoms with van der Waals surface area (Å²) in [6.45, 7) is 58.7. The molecule has 1 aromatic rings. The lowest BCUT2D eigenvalue weighted by Gasteiger charge is -2.34. The summed E-state index contributed by atoms with van der Waals surface area (Å²) in [7, 11) is 0. The minimum atomic E-state index is -0.919. The molecule has 10 heteroatoms. The van der Waals surface area contributed by atoms with E-state index in [4.69, 9.17) is 25.5 Å². The molecular formula is C112H158O10. The molecule has 0 aromatic heterocycles. The Morgan fingerprint density at radius 2 is 0.664 bits per heavy atom. The molecule has 6 aliphatic rings. The number of hydrogen-bond donors (Lipinski definition) is 5. The lowest BCUT2D eigenvalue weighted by Crippen LogP contribution is -2.20. The van der Waals surface area contributed by atoms with Gasteiger partial charge in [-0.05, 0) is 332 Å². The van der Waals surface area contributed by atoms with Crippen molar-refractivity contribution in [3.8, 4) is 0 Å². The van der Waals surface area contributed by atoms with Crippen LogP contribution in [-0.4, -0.2) is 55.4 Å². The molecule has 0 bridgehead atoms. The Labute approximate surface area is 739 Å². The summed E-state index contributed by atoms with van der Waals surface area (Å²) in [5.74, 6) is -3.01. The number of aliphatic carboxylic acids is 5. The van der Waals surface area contributed by atoms with E-state index >= 15 is 0 Å². The predicted octanol–water partition coefficient (Wildman–Crippen LogP) is 31.6. The van der Waals surface area contributed by atoms with E-state index in [9.17, 15) is 24.0 Å². The maximum absolute atomic E-state index is 10.8. The van der Waals surface area contributed by atoms with E-state index in [0.29, 0.717) is 23.2 Å². The van der Waals surface area contributed by atoms with Crippen molar-refractivity contribution < 1.29 is 49.5 Å². The summed E-state index contributed by atoms with van der Waals surface area (Å²) in [5.41, 5.74) is 27.0. The van der Waals surface area contributed by atoms with Crippen molar-refractivity contribution in [3.63, 3.8) is 0 Å². The zero-order chi connectivity index (χ0) is 92.1. The number of hydrogen-bond acceptors (Lipinski definition) is 5. The Morgan fingerprint density at radius 3 is 1.03 bits per heavy atom. The number of allylic oxidation sites excluding steroid dienone is 39. The zero-order valence-corrected chi connectivity index (χ0v) is 80.3. The maximum atomic E-state index is 10.8. The highest BCUT2D eigenvalue weighted by molar-refractivity contribution is 5.83. The smallest absolute Gasteiger partial charge is 0.328 e. The highest BCUT2D eigenvalue weighted by Crippen LogP contribution is 2.46. The maximum Gasteiger partial charge on any atom is 0.328 e. The SMILES string of the molecule is CC1=C(/C=C/C(=C\C=C\C(C)=C\C(=O)O)C(C)(C)C)C(C)(C)CCC1.CC1=C(/C=C/C(=C\C=C\C(C)=C\C(=O)O)C(C)C)C(C)(C)CCC1.CC1=C(/C=C/C(C)=C(C)\C=C\C(C)=C\C(=O)O)C(C)(C)CCC1.CC1=C(/C=C/C2CCCC[C@@H]2/C=C/C(C)=C/C(=O)O)C(C)(C)CCC1.CC1=C(/C=C/c2ccccc2/C=C/C(C)=C/C(=O)O)C(C)(C)CCC1. The first-order valence-electron chi connectivity index (χ1n) is 44.8. The van der Waals surface area contributed by atoms with Crippen molar-refractivity contribution in [2.45, 2.75) is 309 Å². The fraction of sp³-hybridized carbons (Fsp3) is 0.491. The van der Waals surface area contributed by atoms with Gasteiger partial charge in [0.05, 0.1) is 0 Å². The van der Waals surface area contributed by atoms with Gasteiger partial charge in [0.1, 0.15) is 0 Å². The molecule has 0 amide bonds. The normalized spacial score (nSPS) is 21.3. The fourth-order valence-corrected chi connectivity index (χ4v) is 17.3. The number of carboxylic acid groups (broad SMARTS) is 5. The average Bonchev–Trinajstić information content (AvgIpc) is 0.835.